The Balaban J connectivity index is 1.34. The molecule has 1 aliphatic heterocycles. The van der Waals surface area contributed by atoms with E-state index in [0.717, 1.165) is 48.2 Å². The molecule has 2 aromatic heterocycles. The third-order valence-corrected chi connectivity index (χ3v) is 9.05. The molecule has 2 aliphatic carbocycles. The molecule has 0 amide bonds. The van der Waals surface area contributed by atoms with Gasteiger partial charge in [0.15, 0.2) is 41.9 Å². The van der Waals surface area contributed by atoms with Gasteiger partial charge in [-0.1, -0.05) is 48.5 Å². The monoisotopic (exact) mass is 671 g/mol. The molecular formula is C43H37F4N3+2. The molecule has 0 atom stereocenters. The first-order valence-electron chi connectivity index (χ1n) is 16.5. The summed E-state index contributed by atoms with van der Waals surface area (Å²) in [5, 5.41) is 0. The first kappa shape index (κ1) is 34.1. The molecular weight excluding hydrogens is 634 g/mol. The summed E-state index contributed by atoms with van der Waals surface area (Å²) in [6, 6.07) is 9.59. The molecule has 6 rings (SSSR count). The molecule has 0 fully saturated rings. The van der Waals surface area contributed by atoms with Gasteiger partial charge in [0, 0.05) is 47.8 Å². The maximum absolute atomic E-state index is 15.7. The number of hydrogen-bond acceptors (Lipinski definition) is 0. The lowest BCUT2D eigenvalue weighted by atomic mass is 9.94. The fraction of sp³-hybridized carbons (Fsp3) is 0.163. The molecule has 3 aromatic rings. The Morgan fingerprint density at radius 3 is 2.34 bits per heavy atom. The number of halogens is 4. The molecule has 3 heterocycles. The van der Waals surface area contributed by atoms with Crippen molar-refractivity contribution < 1.29 is 26.7 Å². The smallest absolute Gasteiger partial charge is 0.217 e. The highest BCUT2D eigenvalue weighted by atomic mass is 19.2. The molecule has 0 saturated carbocycles. The Bertz CT molecular complexity index is 2210. The number of rotatable bonds is 8. The van der Waals surface area contributed by atoms with Gasteiger partial charge in [0.2, 0.25) is 11.4 Å². The minimum Gasteiger partial charge on any atom is -0.316 e. The summed E-state index contributed by atoms with van der Waals surface area (Å²) < 4.78 is 67.1. The molecule has 0 bridgehead atoms. The van der Waals surface area contributed by atoms with Gasteiger partial charge < -0.3 is 4.57 Å². The second kappa shape index (κ2) is 14.8. The highest BCUT2D eigenvalue weighted by molar-refractivity contribution is 5.87. The highest BCUT2D eigenvalue weighted by Crippen LogP contribution is 2.39. The van der Waals surface area contributed by atoms with E-state index in [1.165, 1.54) is 11.1 Å². The molecule has 3 aliphatic rings. The number of likely N-dealkylation sites (N-methyl/N-ethyl adjacent to an activating group) is 1. The number of benzene rings is 1. The number of nitrogens with zero attached hydrogens (tertiary/aromatic N) is 3. The second-order valence-electron chi connectivity index (χ2n) is 12.2. The van der Waals surface area contributed by atoms with Crippen LogP contribution in [-0.2, 0) is 0 Å². The third kappa shape index (κ3) is 6.49. The maximum atomic E-state index is 15.7. The number of terminal acetylenes is 1. The van der Waals surface area contributed by atoms with E-state index in [-0.39, 0.29) is 5.57 Å². The van der Waals surface area contributed by atoms with Crippen LogP contribution in [0.5, 0.6) is 0 Å². The van der Waals surface area contributed by atoms with Gasteiger partial charge in [-0.05, 0) is 74.4 Å². The van der Waals surface area contributed by atoms with Crippen molar-refractivity contribution in [3.05, 3.63) is 172 Å². The predicted molar refractivity (Wildman–Crippen MR) is 193 cm³/mol. The molecule has 0 spiro atoms. The zero-order chi connectivity index (χ0) is 35.4. The van der Waals surface area contributed by atoms with Crippen molar-refractivity contribution >= 4 is 29.3 Å². The van der Waals surface area contributed by atoms with E-state index in [4.69, 9.17) is 6.42 Å². The van der Waals surface area contributed by atoms with E-state index >= 15 is 17.6 Å². The van der Waals surface area contributed by atoms with Gasteiger partial charge in [0.1, 0.15) is 12.6 Å². The Morgan fingerprint density at radius 1 is 0.880 bits per heavy atom. The van der Waals surface area contributed by atoms with Crippen LogP contribution in [0.15, 0.2) is 126 Å². The van der Waals surface area contributed by atoms with Crippen molar-refractivity contribution in [3.63, 3.8) is 0 Å². The predicted octanol–water partition coefficient (Wildman–Crippen LogP) is 9.71. The third-order valence-electron chi connectivity index (χ3n) is 9.05. The van der Waals surface area contributed by atoms with Crippen molar-refractivity contribution in [1.82, 2.24) is 4.57 Å². The average molecular weight is 672 g/mol. The largest absolute Gasteiger partial charge is 0.316 e. The average Bonchev–Trinajstić information content (AvgIpc) is 3.79. The van der Waals surface area contributed by atoms with Crippen LogP contribution in [0.2, 0.25) is 0 Å². The summed E-state index contributed by atoms with van der Waals surface area (Å²) in [6.07, 6.45) is 36.4. The summed E-state index contributed by atoms with van der Waals surface area (Å²) in [6.45, 7) is 4.15. The van der Waals surface area contributed by atoms with Crippen LogP contribution in [0.4, 0.5) is 17.6 Å². The second-order valence-corrected chi connectivity index (χ2v) is 12.2. The lowest BCUT2D eigenvalue weighted by molar-refractivity contribution is -0.570. The highest BCUT2D eigenvalue weighted by Gasteiger charge is 2.33. The summed E-state index contributed by atoms with van der Waals surface area (Å²) in [5.41, 5.74) is 5.15. The molecule has 50 heavy (non-hydrogen) atoms. The van der Waals surface area contributed by atoms with Crippen LogP contribution in [0.1, 0.15) is 62.0 Å². The molecule has 250 valence electrons. The van der Waals surface area contributed by atoms with E-state index in [9.17, 15) is 0 Å². The molecule has 0 radical (unpaired) electrons. The molecule has 0 N–H and O–H groups in total. The minimum absolute atomic E-state index is 0.0104. The summed E-state index contributed by atoms with van der Waals surface area (Å²) >= 11 is 0. The van der Waals surface area contributed by atoms with E-state index in [1.54, 1.807) is 54.2 Å². The Hall–Kier alpha value is -5.74. The van der Waals surface area contributed by atoms with E-state index < -0.39 is 34.4 Å². The lowest BCUT2D eigenvalue weighted by Crippen LogP contribution is -2.30. The van der Waals surface area contributed by atoms with Gasteiger partial charge >= 0.3 is 0 Å². The number of pyridine rings is 1. The first-order valence-corrected chi connectivity index (χ1v) is 16.5. The fourth-order valence-corrected chi connectivity index (χ4v) is 6.55. The SMILES string of the molecule is C#Cc1c(F)c(F)c(/C(=C2\C=CC=[N+]2C)c2cccn2C2=CCCC=C2/C(C)=C/C=C\C=C\[n+]2ccccc2C2=CCCC=C2C)c(F)c1F. The van der Waals surface area contributed by atoms with Crippen LogP contribution in [0.3, 0.4) is 0 Å². The number of aromatic nitrogens is 2. The minimum atomic E-state index is -1.61. The molecule has 3 nitrogen and oxygen atoms in total. The van der Waals surface area contributed by atoms with Gasteiger partial charge in [-0.3, -0.25) is 0 Å². The van der Waals surface area contributed by atoms with E-state index in [2.05, 4.69) is 41.9 Å². The summed E-state index contributed by atoms with van der Waals surface area (Å²) in [5.74, 6) is -4.58. The molecule has 0 unspecified atom stereocenters. The molecule has 0 saturated heterocycles. The van der Waals surface area contributed by atoms with Crippen LogP contribution < -0.4 is 4.57 Å². The van der Waals surface area contributed by atoms with Gasteiger partial charge in [-0.25, -0.2) is 22.1 Å². The zero-order valence-electron chi connectivity index (χ0n) is 28.2. The fourth-order valence-electron chi connectivity index (χ4n) is 6.55. The maximum Gasteiger partial charge on any atom is 0.217 e. The summed E-state index contributed by atoms with van der Waals surface area (Å²) in [7, 11) is 1.70. The van der Waals surface area contributed by atoms with Crippen molar-refractivity contribution in [3.8, 4) is 12.3 Å². The van der Waals surface area contributed by atoms with Crippen LogP contribution in [0, 0.1) is 35.6 Å². The van der Waals surface area contributed by atoms with Crippen LogP contribution in [-0.4, -0.2) is 22.4 Å². The van der Waals surface area contributed by atoms with Crippen molar-refractivity contribution in [2.24, 2.45) is 0 Å². The van der Waals surface area contributed by atoms with Crippen LogP contribution in [0.25, 0.3) is 23.0 Å². The standard InChI is InChI=1S/C43H37F4N3/c1-5-31-40(44)42(46)39(43(47)41(31)45)38(36-23-15-25-48(36)4)37-24-16-28-50(37)35-22-11-10-20-33(35)30(3)17-7-6-13-26-49-27-14-12-21-34(49)32-19-9-8-18-29(32)2/h1,6-7,12-28H,8-11H2,2-4H3/q+2/b7-6-,26-13+,30-17+. The van der Waals surface area contributed by atoms with Crippen LogP contribution >= 0.6 is 0 Å². The topological polar surface area (TPSA) is 11.8 Å². The van der Waals surface area contributed by atoms with Gasteiger partial charge in [0.05, 0.1) is 16.8 Å². The number of hydrogen-bond donors (Lipinski definition) is 0. The van der Waals surface area contributed by atoms with Crippen molar-refractivity contribution in [1.29, 1.82) is 0 Å². The first-order chi connectivity index (χ1) is 24.2. The normalized spacial score (nSPS) is 17.5. The molecule has 7 heteroatoms. The van der Waals surface area contributed by atoms with Crippen molar-refractivity contribution in [2.75, 3.05) is 7.05 Å². The number of allylic oxidation sites excluding steroid dienone is 15. The zero-order valence-corrected chi connectivity index (χ0v) is 28.2. The lowest BCUT2D eigenvalue weighted by Gasteiger charge is -2.22. The van der Waals surface area contributed by atoms with E-state index in [1.807, 2.05) is 60.3 Å². The van der Waals surface area contributed by atoms with E-state index in [0.29, 0.717) is 11.4 Å². The van der Waals surface area contributed by atoms with Crippen molar-refractivity contribution in [2.45, 2.75) is 39.5 Å². The Morgan fingerprint density at radius 2 is 1.62 bits per heavy atom. The Labute approximate surface area is 290 Å². The van der Waals surface area contributed by atoms with Gasteiger partial charge in [-0.15, -0.1) is 6.42 Å². The van der Waals surface area contributed by atoms with Gasteiger partial charge in [-0.2, -0.15) is 4.57 Å². The Kier molecular flexibility index (Phi) is 10.1. The quantitative estimate of drug-likeness (QED) is 0.0744. The molecule has 1 aromatic carbocycles. The summed E-state index contributed by atoms with van der Waals surface area (Å²) in [4.78, 5) is 0. The van der Waals surface area contributed by atoms with Gasteiger partial charge in [0.25, 0.3) is 0 Å².